The van der Waals surface area contributed by atoms with Crippen LogP contribution in [0.2, 0.25) is 0 Å². The number of nitrogen functional groups attached to an aromatic ring is 1. The van der Waals surface area contributed by atoms with Gasteiger partial charge < -0.3 is 10.5 Å². The lowest BCUT2D eigenvalue weighted by molar-refractivity contribution is 0.146. The van der Waals surface area contributed by atoms with E-state index < -0.39 is 12.1 Å². The van der Waals surface area contributed by atoms with Crippen molar-refractivity contribution >= 4 is 5.82 Å². The van der Waals surface area contributed by atoms with Gasteiger partial charge in [-0.25, -0.2) is 8.78 Å². The average Bonchev–Trinajstić information content (AvgIpc) is 2.77. The normalized spacial score (nSPS) is 10.8. The van der Waals surface area contributed by atoms with Crippen molar-refractivity contribution < 1.29 is 13.5 Å². The summed E-state index contributed by atoms with van der Waals surface area (Å²) >= 11 is 0. The Hall–Kier alpha value is -2.25. The van der Waals surface area contributed by atoms with Crippen LogP contribution in [-0.4, -0.2) is 27.5 Å². The van der Waals surface area contributed by atoms with Crippen molar-refractivity contribution in [1.82, 2.24) is 20.4 Å². The van der Waals surface area contributed by atoms with E-state index in [4.69, 9.17) is 10.5 Å². The zero-order chi connectivity index (χ0) is 12.4. The molecule has 8 heteroatoms. The summed E-state index contributed by atoms with van der Waals surface area (Å²) in [5, 5.41) is 13.2. The van der Waals surface area contributed by atoms with Gasteiger partial charge >= 0.3 is 0 Å². The molecule has 2 heterocycles. The molecule has 0 atom stereocenters. The van der Waals surface area contributed by atoms with Crippen LogP contribution in [0.3, 0.4) is 0 Å². The first-order valence-electron chi connectivity index (χ1n) is 4.63. The minimum atomic E-state index is -2.71. The molecule has 0 aliphatic rings. The molecule has 0 spiro atoms. The maximum Gasteiger partial charge on any atom is 0.282 e. The predicted octanol–water partition coefficient (Wildman–Crippen LogP) is 1.40. The van der Waals surface area contributed by atoms with Gasteiger partial charge in [0.1, 0.15) is 17.2 Å². The number of methoxy groups -OCH3 is 1. The van der Waals surface area contributed by atoms with E-state index in [-0.39, 0.29) is 22.8 Å². The molecular formula is C9H9F2N5O. The van der Waals surface area contributed by atoms with E-state index in [1.165, 1.54) is 19.4 Å². The van der Waals surface area contributed by atoms with E-state index in [0.717, 1.165) is 0 Å². The molecule has 2 aromatic rings. The molecule has 0 bridgehead atoms. The van der Waals surface area contributed by atoms with Gasteiger partial charge in [-0.15, -0.1) is 10.2 Å². The SMILES string of the molecule is COc1cc(N)nnc1-c1c[nH]nc1C(F)F. The van der Waals surface area contributed by atoms with Crippen molar-refractivity contribution in [2.75, 3.05) is 12.8 Å². The highest BCUT2D eigenvalue weighted by atomic mass is 19.3. The lowest BCUT2D eigenvalue weighted by Crippen LogP contribution is -1.99. The molecule has 0 saturated heterocycles. The summed E-state index contributed by atoms with van der Waals surface area (Å²) in [5.41, 5.74) is 5.34. The van der Waals surface area contributed by atoms with E-state index in [9.17, 15) is 8.78 Å². The summed E-state index contributed by atoms with van der Waals surface area (Å²) in [6.45, 7) is 0. The highest BCUT2D eigenvalue weighted by Crippen LogP contribution is 2.33. The monoisotopic (exact) mass is 241 g/mol. The molecule has 0 amide bonds. The molecule has 0 aliphatic carbocycles. The van der Waals surface area contributed by atoms with Crippen LogP contribution in [0.1, 0.15) is 12.1 Å². The summed E-state index contributed by atoms with van der Waals surface area (Å²) in [4.78, 5) is 0. The first-order chi connectivity index (χ1) is 8.13. The van der Waals surface area contributed by atoms with Crippen LogP contribution in [0.5, 0.6) is 5.75 Å². The lowest BCUT2D eigenvalue weighted by Gasteiger charge is -2.06. The molecule has 90 valence electrons. The Balaban J connectivity index is 2.56. The Morgan fingerprint density at radius 1 is 1.41 bits per heavy atom. The molecule has 0 radical (unpaired) electrons. The minimum absolute atomic E-state index is 0.143. The van der Waals surface area contributed by atoms with Crippen molar-refractivity contribution in [1.29, 1.82) is 0 Å². The second-order valence-electron chi connectivity index (χ2n) is 3.17. The number of aromatic nitrogens is 4. The number of alkyl halides is 2. The van der Waals surface area contributed by atoms with Crippen LogP contribution in [0.4, 0.5) is 14.6 Å². The molecule has 6 nitrogen and oxygen atoms in total. The quantitative estimate of drug-likeness (QED) is 0.847. The van der Waals surface area contributed by atoms with Crippen molar-refractivity contribution in [2.45, 2.75) is 6.43 Å². The van der Waals surface area contributed by atoms with Crippen LogP contribution in [0.15, 0.2) is 12.3 Å². The number of nitrogens with two attached hydrogens (primary N) is 1. The smallest absolute Gasteiger partial charge is 0.282 e. The van der Waals surface area contributed by atoms with Crippen LogP contribution < -0.4 is 10.5 Å². The van der Waals surface area contributed by atoms with Gasteiger partial charge in [-0.1, -0.05) is 0 Å². The number of rotatable bonds is 3. The molecular weight excluding hydrogens is 232 g/mol. The van der Waals surface area contributed by atoms with Crippen LogP contribution in [-0.2, 0) is 0 Å². The van der Waals surface area contributed by atoms with Gasteiger partial charge in [-0.3, -0.25) is 5.10 Å². The molecule has 2 rings (SSSR count). The molecule has 0 unspecified atom stereocenters. The fourth-order valence-electron chi connectivity index (χ4n) is 1.39. The van der Waals surface area contributed by atoms with Crippen LogP contribution in [0, 0.1) is 0 Å². The second-order valence-corrected chi connectivity index (χ2v) is 3.17. The Morgan fingerprint density at radius 2 is 2.18 bits per heavy atom. The van der Waals surface area contributed by atoms with Gasteiger partial charge in [0.25, 0.3) is 6.43 Å². The Kier molecular flexibility index (Phi) is 2.86. The lowest BCUT2D eigenvalue weighted by atomic mass is 10.1. The number of aromatic amines is 1. The van der Waals surface area contributed by atoms with E-state index >= 15 is 0 Å². The fraction of sp³-hybridized carbons (Fsp3) is 0.222. The second kappa shape index (κ2) is 4.32. The third-order valence-corrected chi connectivity index (χ3v) is 2.13. The molecule has 17 heavy (non-hydrogen) atoms. The summed E-state index contributed by atoms with van der Waals surface area (Å²) < 4.78 is 30.3. The van der Waals surface area contributed by atoms with Gasteiger partial charge in [-0.2, -0.15) is 5.10 Å². The van der Waals surface area contributed by atoms with Crippen LogP contribution >= 0.6 is 0 Å². The van der Waals surface area contributed by atoms with Gasteiger partial charge in [0, 0.05) is 12.3 Å². The number of H-pyrrole nitrogens is 1. The van der Waals surface area contributed by atoms with Crippen LogP contribution in [0.25, 0.3) is 11.3 Å². The Morgan fingerprint density at radius 3 is 2.82 bits per heavy atom. The predicted molar refractivity (Wildman–Crippen MR) is 55.5 cm³/mol. The van der Waals surface area contributed by atoms with Crippen molar-refractivity contribution in [3.05, 3.63) is 18.0 Å². The largest absolute Gasteiger partial charge is 0.494 e. The summed E-state index contributed by atoms with van der Waals surface area (Å²) in [7, 11) is 1.39. The molecule has 0 fully saturated rings. The number of hydrogen-bond acceptors (Lipinski definition) is 5. The molecule has 0 aromatic carbocycles. The Labute approximate surface area is 94.8 Å². The average molecular weight is 241 g/mol. The van der Waals surface area contributed by atoms with Crippen molar-refractivity contribution in [3.8, 4) is 17.0 Å². The molecule has 2 aromatic heterocycles. The van der Waals surface area contributed by atoms with Gasteiger partial charge in [0.2, 0.25) is 0 Å². The van der Waals surface area contributed by atoms with Crippen molar-refractivity contribution in [3.63, 3.8) is 0 Å². The maximum atomic E-state index is 12.7. The van der Waals surface area contributed by atoms with Crippen molar-refractivity contribution in [2.24, 2.45) is 0 Å². The topological polar surface area (TPSA) is 89.7 Å². The summed E-state index contributed by atoms with van der Waals surface area (Å²) in [6, 6.07) is 1.41. The first kappa shape index (κ1) is 11.2. The number of hydrogen-bond donors (Lipinski definition) is 2. The standard InChI is InChI=1S/C9H9F2N5O/c1-17-5-2-6(12)14-16-7(5)4-3-13-15-8(4)9(10)11/h2-3,9H,1H3,(H2,12,14)(H,13,15). The number of halogens is 2. The highest BCUT2D eigenvalue weighted by molar-refractivity contribution is 5.68. The number of nitrogens with one attached hydrogen (secondary N) is 1. The molecule has 0 aliphatic heterocycles. The maximum absolute atomic E-state index is 12.7. The third-order valence-electron chi connectivity index (χ3n) is 2.13. The zero-order valence-corrected chi connectivity index (χ0v) is 8.82. The Bertz CT molecular complexity index is 528. The number of anilines is 1. The molecule has 3 N–H and O–H groups in total. The van der Waals surface area contributed by atoms with Gasteiger partial charge in [-0.05, 0) is 0 Å². The van der Waals surface area contributed by atoms with E-state index in [1.54, 1.807) is 0 Å². The fourth-order valence-corrected chi connectivity index (χ4v) is 1.39. The molecule has 0 saturated carbocycles. The number of ether oxygens (including phenoxy) is 1. The van der Waals surface area contributed by atoms with E-state index in [1.807, 2.05) is 0 Å². The van der Waals surface area contributed by atoms with E-state index in [0.29, 0.717) is 0 Å². The number of nitrogens with zero attached hydrogens (tertiary/aromatic N) is 3. The first-order valence-corrected chi connectivity index (χ1v) is 4.63. The highest BCUT2D eigenvalue weighted by Gasteiger charge is 2.21. The zero-order valence-electron chi connectivity index (χ0n) is 8.82. The third kappa shape index (κ3) is 2.01. The van der Waals surface area contributed by atoms with Gasteiger partial charge in [0.15, 0.2) is 5.75 Å². The minimum Gasteiger partial charge on any atom is -0.494 e. The summed E-state index contributed by atoms with van der Waals surface area (Å²) in [6.07, 6.45) is -1.40. The summed E-state index contributed by atoms with van der Waals surface area (Å²) in [5.74, 6) is 0.411. The van der Waals surface area contributed by atoms with E-state index in [2.05, 4.69) is 20.4 Å². The van der Waals surface area contributed by atoms with Gasteiger partial charge in [0.05, 0.1) is 12.7 Å².